The molecular weight excluding hydrogens is 274 g/mol. The van der Waals surface area contributed by atoms with Crippen LogP contribution in [0, 0.1) is 0 Å². The first-order valence-corrected chi connectivity index (χ1v) is 7.03. The van der Waals surface area contributed by atoms with Crippen LogP contribution in [0.1, 0.15) is 5.56 Å². The van der Waals surface area contributed by atoms with Gasteiger partial charge in [0.2, 0.25) is 5.91 Å². The molecule has 0 aliphatic rings. The van der Waals surface area contributed by atoms with E-state index in [-0.39, 0.29) is 5.91 Å². The van der Waals surface area contributed by atoms with Crippen LogP contribution >= 0.6 is 11.3 Å². The molecule has 3 aromatic rings. The van der Waals surface area contributed by atoms with E-state index in [0.29, 0.717) is 12.2 Å². The Labute approximate surface area is 119 Å². The van der Waals surface area contributed by atoms with E-state index in [9.17, 15) is 4.79 Å². The third-order valence-corrected chi connectivity index (χ3v) is 3.70. The van der Waals surface area contributed by atoms with Crippen LogP contribution < -0.4 is 10.1 Å². The van der Waals surface area contributed by atoms with Crippen LogP contribution in [0.5, 0.6) is 5.75 Å². The second-order valence-corrected chi connectivity index (χ2v) is 5.12. The molecule has 1 aromatic carbocycles. The number of hydrogen-bond acceptors (Lipinski definition) is 4. The van der Waals surface area contributed by atoms with Crippen molar-refractivity contribution >= 4 is 34.0 Å². The maximum Gasteiger partial charge on any atom is 0.230 e. The van der Waals surface area contributed by atoms with Crippen LogP contribution in [-0.4, -0.2) is 23.2 Å². The Morgan fingerprint density at radius 3 is 3.10 bits per heavy atom. The number of anilines is 1. The summed E-state index contributed by atoms with van der Waals surface area (Å²) >= 11 is 1.58. The molecule has 0 atom stereocenters. The zero-order valence-corrected chi connectivity index (χ0v) is 11.7. The minimum Gasteiger partial charge on any atom is -0.497 e. The molecule has 0 unspecified atom stereocenters. The standard InChI is InChI=1S/C14H13N3O2S/c1-19-10-2-3-11-12(7-10)16-17-14(11)15-13(18)6-9-4-5-20-8-9/h2-5,7-8H,6H2,1H3,(H2,15,16,17,18). The molecule has 0 aliphatic carbocycles. The molecule has 20 heavy (non-hydrogen) atoms. The average Bonchev–Trinajstić information content (AvgIpc) is 3.08. The fourth-order valence-corrected chi connectivity index (χ4v) is 2.64. The number of methoxy groups -OCH3 is 1. The fraction of sp³-hybridized carbons (Fsp3) is 0.143. The number of carbonyl (C=O) groups excluding carboxylic acids is 1. The number of nitrogens with zero attached hydrogens (tertiary/aromatic N) is 1. The lowest BCUT2D eigenvalue weighted by Gasteiger charge is -2.02. The van der Waals surface area contributed by atoms with E-state index >= 15 is 0 Å². The second-order valence-electron chi connectivity index (χ2n) is 4.34. The summed E-state index contributed by atoms with van der Waals surface area (Å²) in [6.45, 7) is 0. The lowest BCUT2D eigenvalue weighted by Crippen LogP contribution is -2.14. The number of ether oxygens (including phenoxy) is 1. The Morgan fingerprint density at radius 1 is 1.45 bits per heavy atom. The molecule has 3 rings (SSSR count). The summed E-state index contributed by atoms with van der Waals surface area (Å²) in [4.78, 5) is 12.0. The van der Waals surface area contributed by atoms with Gasteiger partial charge in [-0.25, -0.2) is 0 Å². The van der Waals surface area contributed by atoms with Crippen molar-refractivity contribution in [3.8, 4) is 5.75 Å². The Balaban J connectivity index is 1.79. The van der Waals surface area contributed by atoms with Crippen molar-refractivity contribution in [2.45, 2.75) is 6.42 Å². The van der Waals surface area contributed by atoms with Gasteiger partial charge in [-0.05, 0) is 34.5 Å². The van der Waals surface area contributed by atoms with Crippen molar-refractivity contribution in [3.63, 3.8) is 0 Å². The molecule has 102 valence electrons. The van der Waals surface area contributed by atoms with E-state index in [2.05, 4.69) is 15.5 Å². The molecule has 2 N–H and O–H groups in total. The lowest BCUT2D eigenvalue weighted by molar-refractivity contribution is -0.115. The fourth-order valence-electron chi connectivity index (χ4n) is 1.98. The molecule has 1 amide bonds. The molecule has 5 nitrogen and oxygen atoms in total. The maximum absolute atomic E-state index is 12.0. The molecule has 0 radical (unpaired) electrons. The van der Waals surface area contributed by atoms with Gasteiger partial charge in [0.25, 0.3) is 0 Å². The number of fused-ring (bicyclic) bond motifs is 1. The largest absolute Gasteiger partial charge is 0.497 e. The van der Waals surface area contributed by atoms with E-state index in [0.717, 1.165) is 22.2 Å². The Hall–Kier alpha value is -2.34. The minimum atomic E-state index is -0.0763. The molecule has 0 saturated carbocycles. The number of nitrogens with one attached hydrogen (secondary N) is 2. The highest BCUT2D eigenvalue weighted by atomic mass is 32.1. The number of aromatic amines is 1. The highest BCUT2D eigenvalue weighted by Crippen LogP contribution is 2.24. The number of rotatable bonds is 4. The number of benzene rings is 1. The van der Waals surface area contributed by atoms with Crippen LogP contribution in [0.2, 0.25) is 0 Å². The topological polar surface area (TPSA) is 67.0 Å². The van der Waals surface area contributed by atoms with E-state index < -0.39 is 0 Å². The molecule has 0 bridgehead atoms. The first-order chi connectivity index (χ1) is 9.76. The second kappa shape index (κ2) is 5.34. The molecule has 2 aromatic heterocycles. The van der Waals surface area contributed by atoms with E-state index in [1.807, 2.05) is 35.0 Å². The molecule has 0 fully saturated rings. The third-order valence-electron chi connectivity index (χ3n) is 2.97. The highest BCUT2D eigenvalue weighted by molar-refractivity contribution is 7.08. The number of hydrogen-bond donors (Lipinski definition) is 2. The first kappa shape index (κ1) is 12.7. The normalized spacial score (nSPS) is 10.7. The summed E-state index contributed by atoms with van der Waals surface area (Å²) in [5.74, 6) is 1.22. The minimum absolute atomic E-state index is 0.0763. The van der Waals surface area contributed by atoms with E-state index in [1.54, 1.807) is 18.4 Å². The maximum atomic E-state index is 12.0. The van der Waals surface area contributed by atoms with Crippen LogP contribution in [0.4, 0.5) is 5.82 Å². The number of thiophene rings is 1. The first-order valence-electron chi connectivity index (χ1n) is 6.09. The summed E-state index contributed by atoms with van der Waals surface area (Å²) in [7, 11) is 1.61. The number of amides is 1. The van der Waals surface area contributed by atoms with Gasteiger partial charge in [-0.15, -0.1) is 0 Å². The van der Waals surface area contributed by atoms with E-state index in [1.165, 1.54) is 0 Å². The number of carbonyl (C=O) groups is 1. The summed E-state index contributed by atoms with van der Waals surface area (Å²) in [6, 6.07) is 7.50. The molecule has 2 heterocycles. The van der Waals surface area contributed by atoms with Crippen LogP contribution in [0.3, 0.4) is 0 Å². The van der Waals surface area contributed by atoms with Gasteiger partial charge in [-0.2, -0.15) is 16.4 Å². The predicted molar refractivity (Wildman–Crippen MR) is 79.3 cm³/mol. The van der Waals surface area contributed by atoms with Gasteiger partial charge in [-0.3, -0.25) is 9.89 Å². The van der Waals surface area contributed by atoms with Crippen molar-refractivity contribution in [1.29, 1.82) is 0 Å². The Kier molecular flexibility index (Phi) is 3.39. The smallest absolute Gasteiger partial charge is 0.230 e. The van der Waals surface area contributed by atoms with Crippen LogP contribution in [0.15, 0.2) is 35.0 Å². The number of H-pyrrole nitrogens is 1. The molecule has 0 saturated heterocycles. The van der Waals surface area contributed by atoms with Crippen molar-refractivity contribution in [3.05, 3.63) is 40.6 Å². The molecule has 0 aliphatic heterocycles. The van der Waals surface area contributed by atoms with Crippen molar-refractivity contribution < 1.29 is 9.53 Å². The Morgan fingerprint density at radius 2 is 2.35 bits per heavy atom. The summed E-state index contributed by atoms with van der Waals surface area (Å²) in [5, 5.41) is 14.6. The quantitative estimate of drug-likeness (QED) is 0.775. The van der Waals surface area contributed by atoms with Gasteiger partial charge in [0.1, 0.15) is 5.75 Å². The van der Waals surface area contributed by atoms with E-state index in [4.69, 9.17) is 4.74 Å². The molecular formula is C14H13N3O2S. The Bertz CT molecular complexity index is 734. The zero-order valence-electron chi connectivity index (χ0n) is 10.8. The van der Waals surface area contributed by atoms with Gasteiger partial charge in [-0.1, -0.05) is 0 Å². The third kappa shape index (κ3) is 2.50. The van der Waals surface area contributed by atoms with Crippen molar-refractivity contribution in [2.24, 2.45) is 0 Å². The monoisotopic (exact) mass is 287 g/mol. The average molecular weight is 287 g/mol. The van der Waals surface area contributed by atoms with Crippen molar-refractivity contribution in [2.75, 3.05) is 12.4 Å². The SMILES string of the molecule is COc1ccc2c(NC(=O)Cc3ccsc3)n[nH]c2c1. The van der Waals surface area contributed by atoms with Gasteiger partial charge in [0.05, 0.1) is 19.0 Å². The van der Waals surface area contributed by atoms with Crippen LogP contribution in [0.25, 0.3) is 10.9 Å². The predicted octanol–water partition coefficient (Wildman–Crippen LogP) is 2.81. The summed E-state index contributed by atoms with van der Waals surface area (Å²) < 4.78 is 5.15. The summed E-state index contributed by atoms with van der Waals surface area (Å²) in [5.41, 5.74) is 1.84. The van der Waals surface area contributed by atoms with Crippen LogP contribution in [-0.2, 0) is 11.2 Å². The molecule has 0 spiro atoms. The van der Waals surface area contributed by atoms with Crippen molar-refractivity contribution in [1.82, 2.24) is 10.2 Å². The van der Waals surface area contributed by atoms with Gasteiger partial charge >= 0.3 is 0 Å². The summed E-state index contributed by atoms with van der Waals surface area (Å²) in [6.07, 6.45) is 0.355. The number of aromatic nitrogens is 2. The lowest BCUT2D eigenvalue weighted by atomic mass is 10.2. The highest BCUT2D eigenvalue weighted by Gasteiger charge is 2.10. The van der Waals surface area contributed by atoms with Gasteiger partial charge in [0.15, 0.2) is 5.82 Å². The molecule has 6 heteroatoms. The zero-order chi connectivity index (χ0) is 13.9. The van der Waals surface area contributed by atoms with Gasteiger partial charge < -0.3 is 10.1 Å². The van der Waals surface area contributed by atoms with Gasteiger partial charge in [0, 0.05) is 11.5 Å².